The highest BCUT2D eigenvalue weighted by molar-refractivity contribution is 7.85. The molecule has 1 rings (SSSR count). The second-order valence-electron chi connectivity index (χ2n) is 9.93. The maximum Gasteiger partial charge on any atom is 0.305 e. The van der Waals surface area contributed by atoms with Crippen molar-refractivity contribution in [1.29, 1.82) is 0 Å². The quantitative estimate of drug-likeness (QED) is 0.0793. The summed E-state index contributed by atoms with van der Waals surface area (Å²) in [6, 6.07) is 0. The molecule has 2 unspecified atom stereocenters. The standard InChI is InChI=1S/C25H48O11S/c1-2-3-4-5-6-7-8-9-10-11-12-13-14-15-21(27)34-16-19(26)17-35-25-24(30)23(29)22(28)20(36-25)18-37(31,32)33/h19-20,22-26,28-30H,2-18H2,1H3,(H,31,32,33)/t19?,20-,22-,23+,24+,25?/m1/s1. The minimum Gasteiger partial charge on any atom is -0.463 e. The van der Waals surface area contributed by atoms with Crippen molar-refractivity contribution in [2.45, 2.75) is 134 Å². The van der Waals surface area contributed by atoms with Gasteiger partial charge in [0.1, 0.15) is 42.9 Å². The predicted molar refractivity (Wildman–Crippen MR) is 136 cm³/mol. The highest BCUT2D eigenvalue weighted by Crippen LogP contribution is 2.23. The van der Waals surface area contributed by atoms with E-state index in [0.29, 0.717) is 6.42 Å². The van der Waals surface area contributed by atoms with Gasteiger partial charge in [0.2, 0.25) is 0 Å². The van der Waals surface area contributed by atoms with Crippen molar-refractivity contribution in [3.63, 3.8) is 0 Å². The molecule has 1 fully saturated rings. The van der Waals surface area contributed by atoms with Crippen LogP contribution in [0.3, 0.4) is 0 Å². The Hall–Kier alpha value is -0.860. The Morgan fingerprint density at radius 2 is 1.32 bits per heavy atom. The van der Waals surface area contributed by atoms with E-state index >= 15 is 0 Å². The summed E-state index contributed by atoms with van der Waals surface area (Å²) in [4.78, 5) is 11.9. The zero-order valence-electron chi connectivity index (χ0n) is 22.1. The molecule has 0 radical (unpaired) electrons. The van der Waals surface area contributed by atoms with Gasteiger partial charge in [-0.1, -0.05) is 84.0 Å². The maximum absolute atomic E-state index is 11.9. The minimum atomic E-state index is -4.53. The highest BCUT2D eigenvalue weighted by Gasteiger charge is 2.45. The molecule has 1 saturated heterocycles. The lowest BCUT2D eigenvalue weighted by molar-refractivity contribution is -0.296. The van der Waals surface area contributed by atoms with Gasteiger partial charge in [0.05, 0.1) is 6.61 Å². The molecule has 5 N–H and O–H groups in total. The van der Waals surface area contributed by atoms with Crippen LogP contribution in [0.4, 0.5) is 0 Å². The number of esters is 1. The van der Waals surface area contributed by atoms with Crippen molar-refractivity contribution < 1.29 is 52.4 Å². The Labute approximate surface area is 221 Å². The van der Waals surface area contributed by atoms with Gasteiger partial charge in [-0.25, -0.2) is 0 Å². The van der Waals surface area contributed by atoms with Crippen LogP contribution >= 0.6 is 0 Å². The summed E-state index contributed by atoms with van der Waals surface area (Å²) in [7, 11) is -4.53. The van der Waals surface area contributed by atoms with Gasteiger partial charge in [-0.3, -0.25) is 9.35 Å². The summed E-state index contributed by atoms with van der Waals surface area (Å²) in [5.74, 6) is -1.46. The van der Waals surface area contributed by atoms with Crippen LogP contribution in [0.25, 0.3) is 0 Å². The molecule has 0 aromatic carbocycles. The van der Waals surface area contributed by atoms with Crippen LogP contribution < -0.4 is 0 Å². The van der Waals surface area contributed by atoms with Crippen LogP contribution in [-0.4, -0.2) is 95.1 Å². The third kappa shape index (κ3) is 16.0. The predicted octanol–water partition coefficient (Wildman–Crippen LogP) is 2.08. The molecular weight excluding hydrogens is 508 g/mol. The third-order valence-corrected chi connectivity index (χ3v) is 7.17. The third-order valence-electron chi connectivity index (χ3n) is 6.42. The zero-order valence-corrected chi connectivity index (χ0v) is 22.9. The lowest BCUT2D eigenvalue weighted by Gasteiger charge is -2.40. The van der Waals surface area contributed by atoms with E-state index in [2.05, 4.69) is 6.92 Å². The van der Waals surface area contributed by atoms with Crippen molar-refractivity contribution in [2.24, 2.45) is 0 Å². The van der Waals surface area contributed by atoms with Crippen LogP contribution in [0.5, 0.6) is 0 Å². The molecule has 0 aromatic rings. The Morgan fingerprint density at radius 3 is 1.84 bits per heavy atom. The molecule has 1 aliphatic rings. The lowest BCUT2D eigenvalue weighted by Crippen LogP contribution is -2.60. The summed E-state index contributed by atoms with van der Waals surface area (Å²) in [6.45, 7) is 1.43. The summed E-state index contributed by atoms with van der Waals surface area (Å²) >= 11 is 0. The summed E-state index contributed by atoms with van der Waals surface area (Å²) in [5.41, 5.74) is 0. The van der Waals surface area contributed by atoms with Gasteiger partial charge in [0, 0.05) is 6.42 Å². The summed E-state index contributed by atoms with van der Waals surface area (Å²) in [5, 5.41) is 39.7. The van der Waals surface area contributed by atoms with Gasteiger partial charge in [0.25, 0.3) is 10.1 Å². The zero-order chi connectivity index (χ0) is 27.7. The van der Waals surface area contributed by atoms with Gasteiger partial charge in [-0.2, -0.15) is 8.42 Å². The molecule has 1 aliphatic heterocycles. The molecule has 0 aromatic heterocycles. The molecule has 0 spiro atoms. The fourth-order valence-corrected chi connectivity index (χ4v) is 4.89. The first-order valence-corrected chi connectivity index (χ1v) is 15.3. The Morgan fingerprint density at radius 1 is 0.811 bits per heavy atom. The van der Waals surface area contributed by atoms with E-state index in [4.69, 9.17) is 18.8 Å². The lowest BCUT2D eigenvalue weighted by atomic mass is 10.00. The molecule has 0 saturated carbocycles. The molecule has 6 atom stereocenters. The van der Waals surface area contributed by atoms with Gasteiger partial charge in [-0.05, 0) is 6.42 Å². The molecular formula is C25H48O11S. The SMILES string of the molecule is CCCCCCCCCCCCCCCC(=O)OCC(O)COC1O[C@H](CS(=O)(=O)O)[C@@H](O)[C@H](O)[C@@H]1O. The molecule has 11 nitrogen and oxygen atoms in total. The number of aliphatic hydroxyl groups is 4. The van der Waals surface area contributed by atoms with E-state index in [1.807, 2.05) is 0 Å². The molecule has 1 heterocycles. The Balaban J connectivity index is 2.10. The van der Waals surface area contributed by atoms with E-state index in [1.165, 1.54) is 57.8 Å². The van der Waals surface area contributed by atoms with Gasteiger partial charge >= 0.3 is 5.97 Å². The first-order chi connectivity index (χ1) is 17.5. The van der Waals surface area contributed by atoms with E-state index in [-0.39, 0.29) is 13.0 Å². The van der Waals surface area contributed by atoms with E-state index < -0.39 is 65.3 Å². The summed E-state index contributed by atoms with van der Waals surface area (Å²) < 4.78 is 46.4. The number of hydrogen-bond donors (Lipinski definition) is 5. The number of unbranched alkanes of at least 4 members (excludes halogenated alkanes) is 12. The molecule has 37 heavy (non-hydrogen) atoms. The van der Waals surface area contributed by atoms with Crippen LogP contribution in [-0.2, 0) is 29.1 Å². The van der Waals surface area contributed by atoms with E-state index in [1.54, 1.807) is 0 Å². The second-order valence-corrected chi connectivity index (χ2v) is 11.4. The van der Waals surface area contributed by atoms with Gasteiger partial charge < -0.3 is 34.6 Å². The minimum absolute atomic E-state index is 0.247. The number of carbonyl (C=O) groups excluding carboxylic acids is 1. The fourth-order valence-electron chi connectivity index (χ4n) is 4.20. The molecule has 0 bridgehead atoms. The average molecular weight is 557 g/mol. The van der Waals surface area contributed by atoms with Crippen LogP contribution in [0.1, 0.15) is 96.8 Å². The molecule has 220 valence electrons. The first-order valence-electron chi connectivity index (χ1n) is 13.6. The van der Waals surface area contributed by atoms with E-state index in [9.17, 15) is 33.6 Å². The Kier molecular flexibility index (Phi) is 17.8. The Bertz CT molecular complexity index is 703. The van der Waals surface area contributed by atoms with Crippen molar-refractivity contribution >= 4 is 16.1 Å². The number of ether oxygens (including phenoxy) is 3. The number of aliphatic hydroxyl groups excluding tert-OH is 4. The van der Waals surface area contributed by atoms with Crippen molar-refractivity contribution in [3.05, 3.63) is 0 Å². The highest BCUT2D eigenvalue weighted by atomic mass is 32.2. The maximum atomic E-state index is 11.9. The second kappa shape index (κ2) is 19.2. The van der Waals surface area contributed by atoms with Gasteiger partial charge in [-0.15, -0.1) is 0 Å². The van der Waals surface area contributed by atoms with Crippen molar-refractivity contribution in [1.82, 2.24) is 0 Å². The van der Waals surface area contributed by atoms with E-state index in [0.717, 1.165) is 19.3 Å². The molecule has 0 amide bonds. The largest absolute Gasteiger partial charge is 0.463 e. The first kappa shape index (κ1) is 34.2. The number of hydrogen-bond acceptors (Lipinski definition) is 10. The number of carbonyl (C=O) groups is 1. The monoisotopic (exact) mass is 556 g/mol. The number of rotatable bonds is 21. The normalized spacial score (nSPS) is 25.2. The average Bonchev–Trinajstić information content (AvgIpc) is 2.84. The van der Waals surface area contributed by atoms with Crippen LogP contribution in [0.2, 0.25) is 0 Å². The fraction of sp³-hybridized carbons (Fsp3) is 0.960. The van der Waals surface area contributed by atoms with Crippen LogP contribution in [0, 0.1) is 0 Å². The topological polar surface area (TPSA) is 180 Å². The van der Waals surface area contributed by atoms with Crippen molar-refractivity contribution in [3.8, 4) is 0 Å². The molecule has 0 aliphatic carbocycles. The molecule has 12 heteroatoms. The smallest absolute Gasteiger partial charge is 0.305 e. The van der Waals surface area contributed by atoms with Crippen LogP contribution in [0.15, 0.2) is 0 Å². The van der Waals surface area contributed by atoms with Gasteiger partial charge in [0.15, 0.2) is 6.29 Å². The van der Waals surface area contributed by atoms with Crippen molar-refractivity contribution in [2.75, 3.05) is 19.0 Å². The summed E-state index contributed by atoms with van der Waals surface area (Å²) in [6.07, 6.45) is 6.23.